The van der Waals surface area contributed by atoms with Crippen LogP contribution < -0.4 is 0 Å². The number of hydrogen-bond donors (Lipinski definition) is 0. The van der Waals surface area contributed by atoms with Gasteiger partial charge in [0.05, 0.1) is 13.2 Å². The van der Waals surface area contributed by atoms with E-state index in [0.717, 1.165) is 51.1 Å². The molecule has 0 N–H and O–H groups in total. The summed E-state index contributed by atoms with van der Waals surface area (Å²) < 4.78 is 18.2. The first-order valence-electron chi connectivity index (χ1n) is 8.06. The van der Waals surface area contributed by atoms with E-state index in [0.29, 0.717) is 19.1 Å². The number of likely N-dealkylation sites (tertiary alicyclic amines) is 1. The number of carbonyl (C=O) groups is 1. The summed E-state index contributed by atoms with van der Waals surface area (Å²) in [4.78, 5) is 16.8. The molecule has 2 aliphatic heterocycles. The first-order chi connectivity index (χ1) is 10.7. The lowest BCUT2D eigenvalue weighted by atomic mass is 9.94. The second-order valence-corrected chi connectivity index (χ2v) is 6.11. The van der Waals surface area contributed by atoms with E-state index in [2.05, 4.69) is 4.90 Å². The van der Waals surface area contributed by atoms with E-state index in [1.165, 1.54) is 12.1 Å². The number of nitrogens with zero attached hydrogens (tertiary/aromatic N) is 2. The number of carbonyl (C=O) groups excluding carboxylic acids is 1. The molecule has 3 rings (SSSR count). The van der Waals surface area contributed by atoms with Gasteiger partial charge >= 0.3 is 0 Å². The van der Waals surface area contributed by atoms with Crippen molar-refractivity contribution in [2.75, 3.05) is 39.4 Å². The molecule has 0 radical (unpaired) electrons. The average Bonchev–Trinajstić information content (AvgIpc) is 2.58. The Morgan fingerprint density at radius 1 is 1.09 bits per heavy atom. The standard InChI is InChI=1S/C17H23FN2O2/c18-16-3-1-14(2-4-16)13-19-7-5-15(6-8-19)17(21)20-9-11-22-12-10-20/h1-4,15H,5-13H2. The quantitative estimate of drug-likeness (QED) is 0.855. The number of halogens is 1. The molecule has 2 heterocycles. The molecule has 4 nitrogen and oxygen atoms in total. The van der Waals surface area contributed by atoms with Gasteiger partial charge in [0.2, 0.25) is 5.91 Å². The van der Waals surface area contributed by atoms with Crippen molar-refractivity contribution >= 4 is 5.91 Å². The normalized spacial score (nSPS) is 21.0. The summed E-state index contributed by atoms with van der Waals surface area (Å²) in [6.07, 6.45) is 1.83. The van der Waals surface area contributed by atoms with Gasteiger partial charge in [-0.15, -0.1) is 0 Å². The van der Waals surface area contributed by atoms with Crippen LogP contribution in [0.3, 0.4) is 0 Å². The Hall–Kier alpha value is -1.46. The predicted molar refractivity (Wildman–Crippen MR) is 81.8 cm³/mol. The van der Waals surface area contributed by atoms with Gasteiger partial charge in [-0.05, 0) is 43.6 Å². The molecule has 0 bridgehead atoms. The lowest BCUT2D eigenvalue weighted by Crippen LogP contribution is -2.46. The third-order valence-corrected chi connectivity index (χ3v) is 4.58. The highest BCUT2D eigenvalue weighted by molar-refractivity contribution is 5.79. The van der Waals surface area contributed by atoms with Crippen LogP contribution in [0.2, 0.25) is 0 Å². The van der Waals surface area contributed by atoms with Crippen LogP contribution in [0.15, 0.2) is 24.3 Å². The van der Waals surface area contributed by atoms with Gasteiger partial charge in [0.25, 0.3) is 0 Å². The summed E-state index contributed by atoms with van der Waals surface area (Å²) >= 11 is 0. The zero-order chi connectivity index (χ0) is 15.4. The van der Waals surface area contributed by atoms with E-state index in [1.54, 1.807) is 0 Å². The molecule has 1 amide bonds. The Labute approximate surface area is 130 Å². The molecular formula is C17H23FN2O2. The summed E-state index contributed by atoms with van der Waals surface area (Å²) in [7, 11) is 0. The van der Waals surface area contributed by atoms with Crippen molar-refractivity contribution in [2.24, 2.45) is 5.92 Å². The van der Waals surface area contributed by atoms with E-state index < -0.39 is 0 Å². The Bertz CT molecular complexity index is 492. The summed E-state index contributed by atoms with van der Waals surface area (Å²) in [6, 6.07) is 6.68. The molecule has 0 spiro atoms. The molecule has 1 aromatic carbocycles. The van der Waals surface area contributed by atoms with Gasteiger partial charge in [0, 0.05) is 25.6 Å². The number of piperidine rings is 1. The molecule has 1 aromatic rings. The van der Waals surface area contributed by atoms with E-state index in [1.807, 2.05) is 17.0 Å². The SMILES string of the molecule is O=C(C1CCN(Cc2ccc(F)cc2)CC1)N1CCOCC1. The smallest absolute Gasteiger partial charge is 0.225 e. The molecule has 0 aromatic heterocycles. The van der Waals surface area contributed by atoms with Gasteiger partial charge < -0.3 is 9.64 Å². The van der Waals surface area contributed by atoms with Crippen molar-refractivity contribution in [1.29, 1.82) is 0 Å². The molecule has 2 saturated heterocycles. The van der Waals surface area contributed by atoms with Gasteiger partial charge in [-0.1, -0.05) is 12.1 Å². The largest absolute Gasteiger partial charge is 0.378 e. The summed E-state index contributed by atoms with van der Waals surface area (Å²) in [6.45, 7) is 5.47. The third-order valence-electron chi connectivity index (χ3n) is 4.58. The average molecular weight is 306 g/mol. The van der Waals surface area contributed by atoms with Crippen molar-refractivity contribution in [1.82, 2.24) is 9.80 Å². The summed E-state index contributed by atoms with van der Waals surface area (Å²) in [5.41, 5.74) is 1.12. The highest BCUT2D eigenvalue weighted by atomic mass is 19.1. The molecule has 0 aliphatic carbocycles. The van der Waals surface area contributed by atoms with Gasteiger partial charge in [0.15, 0.2) is 0 Å². The van der Waals surface area contributed by atoms with E-state index in [4.69, 9.17) is 4.74 Å². The van der Waals surface area contributed by atoms with Crippen molar-refractivity contribution in [3.05, 3.63) is 35.6 Å². The highest BCUT2D eigenvalue weighted by Crippen LogP contribution is 2.21. The molecule has 0 unspecified atom stereocenters. The van der Waals surface area contributed by atoms with Crippen LogP contribution in [0.25, 0.3) is 0 Å². The van der Waals surface area contributed by atoms with Crippen LogP contribution >= 0.6 is 0 Å². The number of benzene rings is 1. The molecule has 120 valence electrons. The van der Waals surface area contributed by atoms with E-state index >= 15 is 0 Å². The number of hydrogen-bond acceptors (Lipinski definition) is 3. The van der Waals surface area contributed by atoms with Crippen LogP contribution in [0.4, 0.5) is 4.39 Å². The number of rotatable bonds is 3. The third kappa shape index (κ3) is 3.84. The fourth-order valence-electron chi connectivity index (χ4n) is 3.23. The van der Waals surface area contributed by atoms with Crippen LogP contribution in [0.5, 0.6) is 0 Å². The van der Waals surface area contributed by atoms with Gasteiger partial charge in [-0.3, -0.25) is 9.69 Å². The molecule has 5 heteroatoms. The van der Waals surface area contributed by atoms with Crippen LogP contribution in [0, 0.1) is 11.7 Å². The van der Waals surface area contributed by atoms with Crippen LogP contribution in [-0.4, -0.2) is 55.1 Å². The number of morpholine rings is 1. The van der Waals surface area contributed by atoms with Gasteiger partial charge in [-0.25, -0.2) is 4.39 Å². The lowest BCUT2D eigenvalue weighted by Gasteiger charge is -2.35. The molecule has 2 aliphatic rings. The summed E-state index contributed by atoms with van der Waals surface area (Å²) in [5.74, 6) is 0.255. The maximum Gasteiger partial charge on any atom is 0.225 e. The minimum absolute atomic E-state index is 0.155. The Kier molecular flexibility index (Phi) is 5.05. The number of amides is 1. The second kappa shape index (κ2) is 7.20. The maximum atomic E-state index is 12.9. The van der Waals surface area contributed by atoms with Crippen molar-refractivity contribution < 1.29 is 13.9 Å². The van der Waals surface area contributed by atoms with Crippen LogP contribution in [-0.2, 0) is 16.1 Å². The topological polar surface area (TPSA) is 32.8 Å². The molecule has 22 heavy (non-hydrogen) atoms. The fourth-order valence-corrected chi connectivity index (χ4v) is 3.23. The van der Waals surface area contributed by atoms with Crippen molar-refractivity contribution in [3.63, 3.8) is 0 Å². The first kappa shape index (κ1) is 15.4. The fraction of sp³-hybridized carbons (Fsp3) is 0.588. The number of ether oxygens (including phenoxy) is 1. The molecule has 0 saturated carbocycles. The van der Waals surface area contributed by atoms with E-state index in [-0.39, 0.29) is 11.7 Å². The van der Waals surface area contributed by atoms with Crippen molar-refractivity contribution in [2.45, 2.75) is 19.4 Å². The predicted octanol–water partition coefficient (Wildman–Crippen LogP) is 1.90. The minimum atomic E-state index is -0.196. The van der Waals surface area contributed by atoms with Crippen molar-refractivity contribution in [3.8, 4) is 0 Å². The molecule has 0 atom stereocenters. The Morgan fingerprint density at radius 2 is 1.73 bits per heavy atom. The monoisotopic (exact) mass is 306 g/mol. The Balaban J connectivity index is 1.47. The highest BCUT2D eigenvalue weighted by Gasteiger charge is 2.29. The molecular weight excluding hydrogens is 283 g/mol. The van der Waals surface area contributed by atoms with Gasteiger partial charge in [0.1, 0.15) is 5.82 Å². The van der Waals surface area contributed by atoms with Crippen LogP contribution in [0.1, 0.15) is 18.4 Å². The zero-order valence-corrected chi connectivity index (χ0v) is 12.8. The Morgan fingerprint density at radius 3 is 2.36 bits per heavy atom. The summed E-state index contributed by atoms with van der Waals surface area (Å²) in [5, 5.41) is 0. The van der Waals surface area contributed by atoms with E-state index in [9.17, 15) is 9.18 Å². The second-order valence-electron chi connectivity index (χ2n) is 6.11. The zero-order valence-electron chi connectivity index (χ0n) is 12.8. The molecule has 2 fully saturated rings. The minimum Gasteiger partial charge on any atom is -0.378 e. The first-order valence-corrected chi connectivity index (χ1v) is 8.06. The lowest BCUT2D eigenvalue weighted by molar-refractivity contribution is -0.141. The maximum absolute atomic E-state index is 12.9. The van der Waals surface area contributed by atoms with Gasteiger partial charge in [-0.2, -0.15) is 0 Å².